The first-order chi connectivity index (χ1) is 9.99. The van der Waals surface area contributed by atoms with Gasteiger partial charge in [-0.2, -0.15) is 17.7 Å². The molecule has 0 aliphatic carbocycles. The first-order valence-corrected chi connectivity index (χ1v) is 6.65. The molecular weight excluding hydrogens is 287 g/mol. The van der Waals surface area contributed by atoms with Gasteiger partial charge in [0.15, 0.2) is 5.65 Å². The van der Waals surface area contributed by atoms with Crippen LogP contribution < -0.4 is 4.90 Å². The van der Waals surface area contributed by atoms with Crippen LogP contribution in [0.25, 0.3) is 5.65 Å². The molecule has 2 aromatic heterocycles. The highest BCUT2D eigenvalue weighted by Crippen LogP contribution is 2.28. The lowest BCUT2D eigenvalue weighted by molar-refractivity contribution is -0.146. The highest BCUT2D eigenvalue weighted by molar-refractivity contribution is 5.46. The SMILES string of the molecule is CC[C@H]1CN(c2ccc3nnc(C(F)(F)F)n3n2)CCO1. The van der Waals surface area contributed by atoms with Crippen molar-refractivity contribution in [1.82, 2.24) is 19.8 Å². The highest BCUT2D eigenvalue weighted by Gasteiger charge is 2.37. The maximum atomic E-state index is 12.8. The monoisotopic (exact) mass is 301 g/mol. The Balaban J connectivity index is 1.96. The van der Waals surface area contributed by atoms with Crippen molar-refractivity contribution in [2.24, 2.45) is 0 Å². The Hall–Kier alpha value is -1.90. The third-order valence-corrected chi connectivity index (χ3v) is 3.42. The van der Waals surface area contributed by atoms with Crippen molar-refractivity contribution in [1.29, 1.82) is 0 Å². The van der Waals surface area contributed by atoms with Gasteiger partial charge in [-0.3, -0.25) is 0 Å². The largest absolute Gasteiger partial charge is 0.453 e. The van der Waals surface area contributed by atoms with Gasteiger partial charge in [0.05, 0.1) is 12.7 Å². The van der Waals surface area contributed by atoms with Gasteiger partial charge in [-0.25, -0.2) is 0 Å². The molecule has 3 rings (SSSR count). The summed E-state index contributed by atoms with van der Waals surface area (Å²) in [5, 5.41) is 10.7. The lowest BCUT2D eigenvalue weighted by Crippen LogP contribution is -2.42. The number of rotatable bonds is 2. The van der Waals surface area contributed by atoms with E-state index < -0.39 is 12.0 Å². The minimum atomic E-state index is -4.58. The molecule has 0 bridgehead atoms. The molecule has 0 N–H and O–H groups in total. The molecule has 0 aromatic carbocycles. The first-order valence-electron chi connectivity index (χ1n) is 6.65. The van der Waals surface area contributed by atoms with Gasteiger partial charge in [0, 0.05) is 13.1 Å². The third-order valence-electron chi connectivity index (χ3n) is 3.42. The third kappa shape index (κ3) is 2.65. The maximum absolute atomic E-state index is 12.8. The number of ether oxygens (including phenoxy) is 1. The van der Waals surface area contributed by atoms with E-state index in [1.54, 1.807) is 6.07 Å². The van der Waals surface area contributed by atoms with E-state index in [2.05, 4.69) is 15.3 Å². The molecule has 21 heavy (non-hydrogen) atoms. The molecule has 3 heterocycles. The maximum Gasteiger partial charge on any atom is 0.453 e. The van der Waals surface area contributed by atoms with Gasteiger partial charge in [0.25, 0.3) is 5.82 Å². The minimum Gasteiger partial charge on any atom is -0.375 e. The van der Waals surface area contributed by atoms with E-state index in [4.69, 9.17) is 4.74 Å². The van der Waals surface area contributed by atoms with E-state index >= 15 is 0 Å². The molecule has 0 spiro atoms. The first kappa shape index (κ1) is 14.1. The van der Waals surface area contributed by atoms with Gasteiger partial charge < -0.3 is 9.64 Å². The molecule has 0 amide bonds. The predicted molar refractivity (Wildman–Crippen MR) is 68.0 cm³/mol. The zero-order chi connectivity index (χ0) is 15.0. The zero-order valence-corrected chi connectivity index (χ0v) is 11.3. The Morgan fingerprint density at radius 2 is 2.14 bits per heavy atom. The van der Waals surface area contributed by atoms with Crippen molar-refractivity contribution in [3.05, 3.63) is 18.0 Å². The fourth-order valence-corrected chi connectivity index (χ4v) is 2.30. The predicted octanol–water partition coefficient (Wildman–Crippen LogP) is 1.76. The summed E-state index contributed by atoms with van der Waals surface area (Å²) in [6.07, 6.45) is -3.67. The van der Waals surface area contributed by atoms with Crippen molar-refractivity contribution in [3.8, 4) is 0 Å². The summed E-state index contributed by atoms with van der Waals surface area (Å²) in [5.74, 6) is -0.644. The molecule has 6 nitrogen and oxygen atoms in total. The summed E-state index contributed by atoms with van der Waals surface area (Å²) >= 11 is 0. The number of morpholine rings is 1. The van der Waals surface area contributed by atoms with Crippen molar-refractivity contribution < 1.29 is 17.9 Å². The van der Waals surface area contributed by atoms with Gasteiger partial charge in [0.1, 0.15) is 5.82 Å². The molecule has 1 fully saturated rings. The highest BCUT2D eigenvalue weighted by atomic mass is 19.4. The molecule has 1 atom stereocenters. The van der Waals surface area contributed by atoms with E-state index in [1.165, 1.54) is 6.07 Å². The van der Waals surface area contributed by atoms with Gasteiger partial charge >= 0.3 is 6.18 Å². The average Bonchev–Trinajstić information content (AvgIpc) is 2.90. The molecule has 1 aliphatic rings. The average molecular weight is 301 g/mol. The molecule has 0 saturated carbocycles. The second-order valence-electron chi connectivity index (χ2n) is 4.83. The van der Waals surface area contributed by atoms with Crippen LogP contribution in [0.15, 0.2) is 12.1 Å². The van der Waals surface area contributed by atoms with Gasteiger partial charge in [0.2, 0.25) is 0 Å². The van der Waals surface area contributed by atoms with Crippen LogP contribution in [-0.2, 0) is 10.9 Å². The van der Waals surface area contributed by atoms with Crippen LogP contribution in [0.1, 0.15) is 19.2 Å². The molecule has 114 valence electrons. The van der Waals surface area contributed by atoms with Gasteiger partial charge in [-0.15, -0.1) is 15.3 Å². The van der Waals surface area contributed by atoms with E-state index in [0.717, 1.165) is 10.9 Å². The lowest BCUT2D eigenvalue weighted by Gasteiger charge is -2.33. The molecule has 2 aromatic rings. The van der Waals surface area contributed by atoms with Crippen molar-refractivity contribution in [2.45, 2.75) is 25.6 Å². The summed E-state index contributed by atoms with van der Waals surface area (Å²) in [6, 6.07) is 3.14. The number of halogens is 3. The topological polar surface area (TPSA) is 55.6 Å². The van der Waals surface area contributed by atoms with E-state index in [9.17, 15) is 13.2 Å². The van der Waals surface area contributed by atoms with Gasteiger partial charge in [-0.1, -0.05) is 6.92 Å². The quantitative estimate of drug-likeness (QED) is 0.846. The normalized spacial score (nSPS) is 20.2. The molecule has 0 unspecified atom stereocenters. The molecule has 0 radical (unpaired) electrons. The zero-order valence-electron chi connectivity index (χ0n) is 11.3. The fraction of sp³-hybridized carbons (Fsp3) is 0.583. The number of anilines is 1. The van der Waals surface area contributed by atoms with Crippen LogP contribution in [0.4, 0.5) is 19.0 Å². The summed E-state index contributed by atoms with van der Waals surface area (Å²) in [5.41, 5.74) is 0.0753. The standard InChI is InChI=1S/C12H14F3N5O/c1-2-8-7-19(5-6-21-8)10-4-3-9-16-17-11(12(13,14)15)20(9)18-10/h3-4,8H,2,5-7H2,1H3/t8-/m0/s1. The van der Waals surface area contributed by atoms with Gasteiger partial charge in [-0.05, 0) is 18.6 Å². The summed E-state index contributed by atoms with van der Waals surface area (Å²) < 4.78 is 44.8. The van der Waals surface area contributed by atoms with Crippen molar-refractivity contribution in [3.63, 3.8) is 0 Å². The number of aromatic nitrogens is 4. The van der Waals surface area contributed by atoms with Crippen LogP contribution in [0.3, 0.4) is 0 Å². The second kappa shape index (κ2) is 5.14. The lowest BCUT2D eigenvalue weighted by atomic mass is 10.2. The molecule has 1 aliphatic heterocycles. The van der Waals surface area contributed by atoms with Crippen LogP contribution >= 0.6 is 0 Å². The molecule has 9 heteroatoms. The number of hydrogen-bond donors (Lipinski definition) is 0. The Labute approximate surface area is 118 Å². The van der Waals surface area contributed by atoms with E-state index in [0.29, 0.717) is 25.5 Å². The summed E-state index contributed by atoms with van der Waals surface area (Å²) in [4.78, 5) is 1.91. The second-order valence-corrected chi connectivity index (χ2v) is 4.83. The number of hydrogen-bond acceptors (Lipinski definition) is 5. The number of nitrogens with zero attached hydrogens (tertiary/aromatic N) is 5. The minimum absolute atomic E-state index is 0.0687. The summed E-state index contributed by atoms with van der Waals surface area (Å²) in [6.45, 7) is 3.75. The smallest absolute Gasteiger partial charge is 0.375 e. The Morgan fingerprint density at radius 1 is 1.33 bits per heavy atom. The number of fused-ring (bicyclic) bond motifs is 1. The van der Waals surface area contributed by atoms with Crippen molar-refractivity contribution >= 4 is 11.5 Å². The van der Waals surface area contributed by atoms with Crippen LogP contribution in [-0.4, -0.2) is 45.6 Å². The van der Waals surface area contributed by atoms with Crippen LogP contribution in [0.2, 0.25) is 0 Å². The fourth-order valence-electron chi connectivity index (χ4n) is 2.30. The molecule has 1 saturated heterocycles. The Bertz CT molecular complexity index is 641. The van der Waals surface area contributed by atoms with Crippen molar-refractivity contribution in [2.75, 3.05) is 24.6 Å². The number of alkyl halides is 3. The van der Waals surface area contributed by atoms with E-state index in [-0.39, 0.29) is 11.8 Å². The Kier molecular flexibility index (Phi) is 3.44. The molecular formula is C12H14F3N5O. The Morgan fingerprint density at radius 3 is 2.86 bits per heavy atom. The van der Waals surface area contributed by atoms with E-state index in [1.807, 2.05) is 11.8 Å². The van der Waals surface area contributed by atoms with Crippen LogP contribution in [0, 0.1) is 0 Å². The summed E-state index contributed by atoms with van der Waals surface area (Å²) in [7, 11) is 0. The van der Waals surface area contributed by atoms with Crippen LogP contribution in [0.5, 0.6) is 0 Å².